The molecule has 94 valence electrons. The molecule has 0 aromatic heterocycles. The van der Waals surface area contributed by atoms with Gasteiger partial charge in [0.15, 0.2) is 0 Å². The van der Waals surface area contributed by atoms with E-state index in [0.717, 1.165) is 25.8 Å². The quantitative estimate of drug-likeness (QED) is 0.825. The SMILES string of the molecule is CC(C)c1ccc(F)c(C2CCCCN2)c1F. The normalized spacial score (nSPS) is 20.9. The topological polar surface area (TPSA) is 12.0 Å². The lowest BCUT2D eigenvalue weighted by molar-refractivity contribution is 0.383. The van der Waals surface area contributed by atoms with E-state index in [1.807, 2.05) is 13.8 Å². The van der Waals surface area contributed by atoms with Gasteiger partial charge in [0.2, 0.25) is 0 Å². The number of hydrogen-bond acceptors (Lipinski definition) is 1. The van der Waals surface area contributed by atoms with Crippen molar-refractivity contribution in [1.82, 2.24) is 5.32 Å². The molecule has 1 saturated heterocycles. The molecule has 0 bridgehead atoms. The van der Waals surface area contributed by atoms with Gasteiger partial charge in [-0.2, -0.15) is 0 Å². The van der Waals surface area contributed by atoms with Crippen LogP contribution < -0.4 is 5.32 Å². The van der Waals surface area contributed by atoms with Crippen molar-refractivity contribution in [3.63, 3.8) is 0 Å². The van der Waals surface area contributed by atoms with Crippen LogP contribution in [-0.4, -0.2) is 6.54 Å². The Kier molecular flexibility index (Phi) is 3.77. The molecule has 1 unspecified atom stereocenters. The molecular weight excluding hydrogens is 220 g/mol. The summed E-state index contributed by atoms with van der Waals surface area (Å²) >= 11 is 0. The Morgan fingerprint density at radius 1 is 1.24 bits per heavy atom. The van der Waals surface area contributed by atoms with Crippen molar-refractivity contribution >= 4 is 0 Å². The van der Waals surface area contributed by atoms with Gasteiger partial charge >= 0.3 is 0 Å². The second-order valence-electron chi connectivity index (χ2n) is 5.02. The first-order chi connectivity index (χ1) is 8.11. The molecule has 1 fully saturated rings. The lowest BCUT2D eigenvalue weighted by atomic mass is 9.92. The molecule has 17 heavy (non-hydrogen) atoms. The molecule has 2 rings (SSSR count). The zero-order valence-electron chi connectivity index (χ0n) is 10.4. The van der Waals surface area contributed by atoms with E-state index < -0.39 is 5.82 Å². The number of rotatable bonds is 2. The second kappa shape index (κ2) is 5.13. The molecule has 0 spiro atoms. The predicted octanol–water partition coefficient (Wildman–Crippen LogP) is 3.90. The average molecular weight is 239 g/mol. The fourth-order valence-electron chi connectivity index (χ4n) is 2.45. The van der Waals surface area contributed by atoms with E-state index in [0.29, 0.717) is 5.56 Å². The molecule has 1 heterocycles. The van der Waals surface area contributed by atoms with Gasteiger partial charge in [-0.3, -0.25) is 0 Å². The summed E-state index contributed by atoms with van der Waals surface area (Å²) in [5.74, 6) is -0.705. The monoisotopic (exact) mass is 239 g/mol. The molecule has 1 atom stereocenters. The van der Waals surface area contributed by atoms with E-state index in [1.165, 1.54) is 6.07 Å². The van der Waals surface area contributed by atoms with Crippen molar-refractivity contribution in [1.29, 1.82) is 0 Å². The van der Waals surface area contributed by atoms with E-state index in [4.69, 9.17) is 0 Å². The first kappa shape index (κ1) is 12.5. The van der Waals surface area contributed by atoms with Crippen LogP contribution >= 0.6 is 0 Å². The Bertz CT molecular complexity index is 395. The summed E-state index contributed by atoms with van der Waals surface area (Å²) in [7, 11) is 0. The van der Waals surface area contributed by atoms with Gasteiger partial charge in [-0.15, -0.1) is 0 Å². The molecule has 1 N–H and O–H groups in total. The Morgan fingerprint density at radius 3 is 2.59 bits per heavy atom. The molecule has 1 aliphatic rings. The highest BCUT2D eigenvalue weighted by Gasteiger charge is 2.24. The highest BCUT2D eigenvalue weighted by atomic mass is 19.1. The Labute approximate surface area is 101 Å². The zero-order chi connectivity index (χ0) is 12.4. The summed E-state index contributed by atoms with van der Waals surface area (Å²) in [6.45, 7) is 4.69. The summed E-state index contributed by atoms with van der Waals surface area (Å²) in [4.78, 5) is 0. The molecule has 0 amide bonds. The van der Waals surface area contributed by atoms with E-state index in [9.17, 15) is 8.78 Å². The summed E-state index contributed by atoms with van der Waals surface area (Å²) in [5.41, 5.74) is 0.838. The summed E-state index contributed by atoms with van der Waals surface area (Å²) < 4.78 is 28.1. The molecule has 1 aliphatic heterocycles. The fourth-order valence-corrected chi connectivity index (χ4v) is 2.45. The largest absolute Gasteiger partial charge is 0.310 e. The van der Waals surface area contributed by atoms with E-state index in [-0.39, 0.29) is 23.3 Å². The van der Waals surface area contributed by atoms with Gasteiger partial charge in [0.25, 0.3) is 0 Å². The van der Waals surface area contributed by atoms with Crippen molar-refractivity contribution in [2.24, 2.45) is 0 Å². The number of piperidine rings is 1. The van der Waals surface area contributed by atoms with Crippen LogP contribution in [0.1, 0.15) is 56.2 Å². The molecular formula is C14H19F2N. The van der Waals surface area contributed by atoms with E-state index in [2.05, 4.69) is 5.32 Å². The van der Waals surface area contributed by atoms with E-state index >= 15 is 0 Å². The number of benzene rings is 1. The van der Waals surface area contributed by atoms with Crippen molar-refractivity contribution in [3.8, 4) is 0 Å². The van der Waals surface area contributed by atoms with Crippen LogP contribution in [0.3, 0.4) is 0 Å². The average Bonchev–Trinajstić information content (AvgIpc) is 2.30. The molecule has 0 aliphatic carbocycles. The van der Waals surface area contributed by atoms with Gasteiger partial charge in [0.05, 0.1) is 0 Å². The van der Waals surface area contributed by atoms with Gasteiger partial charge in [0.1, 0.15) is 11.6 Å². The molecule has 0 radical (unpaired) electrons. The van der Waals surface area contributed by atoms with Crippen LogP contribution in [0, 0.1) is 11.6 Å². The molecule has 1 aromatic rings. The minimum Gasteiger partial charge on any atom is -0.310 e. The van der Waals surface area contributed by atoms with Gasteiger partial charge < -0.3 is 5.32 Å². The highest BCUT2D eigenvalue weighted by Crippen LogP contribution is 2.31. The van der Waals surface area contributed by atoms with Gasteiger partial charge in [-0.05, 0) is 36.9 Å². The third-order valence-electron chi connectivity index (χ3n) is 3.44. The van der Waals surface area contributed by atoms with Gasteiger partial charge in [-0.1, -0.05) is 26.3 Å². The Hall–Kier alpha value is -0.960. The first-order valence-electron chi connectivity index (χ1n) is 6.32. The molecule has 1 nitrogen and oxygen atoms in total. The molecule has 0 saturated carbocycles. The molecule has 1 aromatic carbocycles. The summed E-state index contributed by atoms with van der Waals surface area (Å²) in [6, 6.07) is 2.79. The van der Waals surface area contributed by atoms with Crippen LogP contribution in [0.5, 0.6) is 0 Å². The summed E-state index contributed by atoms with van der Waals surface area (Å²) in [5, 5.41) is 3.20. The maximum atomic E-state index is 14.3. The van der Waals surface area contributed by atoms with Gasteiger partial charge in [-0.25, -0.2) is 8.78 Å². The number of halogens is 2. The van der Waals surface area contributed by atoms with Crippen molar-refractivity contribution in [2.45, 2.75) is 45.1 Å². The Balaban J connectivity index is 2.40. The van der Waals surface area contributed by atoms with Crippen molar-refractivity contribution < 1.29 is 8.78 Å². The lowest BCUT2D eigenvalue weighted by Crippen LogP contribution is -2.28. The van der Waals surface area contributed by atoms with E-state index in [1.54, 1.807) is 6.07 Å². The van der Waals surface area contributed by atoms with Crippen LogP contribution in [0.25, 0.3) is 0 Å². The number of nitrogens with one attached hydrogen (secondary N) is 1. The maximum Gasteiger partial charge on any atom is 0.134 e. The number of hydrogen-bond donors (Lipinski definition) is 1. The predicted molar refractivity (Wildman–Crippen MR) is 65.0 cm³/mol. The second-order valence-corrected chi connectivity index (χ2v) is 5.02. The van der Waals surface area contributed by atoms with Crippen molar-refractivity contribution in [2.75, 3.05) is 6.54 Å². The minimum absolute atomic E-state index is 0.0814. The fraction of sp³-hybridized carbons (Fsp3) is 0.571. The zero-order valence-corrected chi connectivity index (χ0v) is 10.4. The van der Waals surface area contributed by atoms with Crippen LogP contribution in [0.2, 0.25) is 0 Å². The lowest BCUT2D eigenvalue weighted by Gasteiger charge is -2.25. The third-order valence-corrected chi connectivity index (χ3v) is 3.44. The smallest absolute Gasteiger partial charge is 0.134 e. The Morgan fingerprint density at radius 2 is 2.00 bits per heavy atom. The molecule has 3 heteroatoms. The van der Waals surface area contributed by atoms with Crippen LogP contribution in [-0.2, 0) is 0 Å². The highest BCUT2D eigenvalue weighted by molar-refractivity contribution is 5.32. The minimum atomic E-state index is -0.425. The van der Waals surface area contributed by atoms with Gasteiger partial charge in [0, 0.05) is 11.6 Å². The summed E-state index contributed by atoms with van der Waals surface area (Å²) in [6.07, 6.45) is 2.93. The van der Waals surface area contributed by atoms with Crippen LogP contribution in [0.15, 0.2) is 12.1 Å². The maximum absolute atomic E-state index is 14.3. The third kappa shape index (κ3) is 2.49. The first-order valence-corrected chi connectivity index (χ1v) is 6.32. The van der Waals surface area contributed by atoms with Crippen molar-refractivity contribution in [3.05, 3.63) is 34.9 Å². The van der Waals surface area contributed by atoms with Crippen LogP contribution in [0.4, 0.5) is 8.78 Å². The standard InChI is InChI=1S/C14H19F2N/c1-9(2)10-6-7-11(15)13(14(10)16)12-5-3-4-8-17-12/h6-7,9,12,17H,3-5,8H2,1-2H3.